The normalized spacial score (nSPS) is 28.9. The smallest absolute Gasteiger partial charge is 0.312 e. The number of amides is 2. The molecule has 218 valence electrons. The Labute approximate surface area is 249 Å². The number of anilines is 1. The molecule has 3 aliphatic heterocycles. The summed E-state index contributed by atoms with van der Waals surface area (Å²) in [5.74, 6) is -2.95. The first-order chi connectivity index (χ1) is 19.7. The summed E-state index contributed by atoms with van der Waals surface area (Å²) < 4.78 is 12.0. The summed E-state index contributed by atoms with van der Waals surface area (Å²) in [6.45, 7) is 9.54. The molecule has 1 N–H and O–H groups in total. The largest absolute Gasteiger partial charge is 0.466 e. The predicted molar refractivity (Wildman–Crippen MR) is 159 cm³/mol. The minimum absolute atomic E-state index is 0.169. The molecule has 7 atom stereocenters. The first-order valence-corrected chi connectivity index (χ1v) is 15.0. The zero-order chi connectivity index (χ0) is 29.5. The zero-order valence-corrected chi connectivity index (χ0v) is 25.2. The molecule has 3 unspecified atom stereocenters. The van der Waals surface area contributed by atoms with Gasteiger partial charge in [0.15, 0.2) is 0 Å². The zero-order valence-electron chi connectivity index (χ0n) is 23.7. The van der Waals surface area contributed by atoms with E-state index in [-0.39, 0.29) is 36.4 Å². The second-order valence-corrected chi connectivity index (χ2v) is 12.4. The Hall–Kier alpha value is -3.01. The van der Waals surface area contributed by atoms with Crippen molar-refractivity contribution in [2.75, 3.05) is 24.7 Å². The quantitative estimate of drug-likeness (QED) is 0.246. The van der Waals surface area contributed by atoms with Crippen molar-refractivity contribution < 1.29 is 29.0 Å². The van der Waals surface area contributed by atoms with Crippen molar-refractivity contribution in [2.24, 2.45) is 11.8 Å². The Balaban J connectivity index is 1.65. The highest BCUT2D eigenvalue weighted by atomic mass is 79.9. The van der Waals surface area contributed by atoms with Gasteiger partial charge < -0.3 is 24.4 Å². The van der Waals surface area contributed by atoms with Crippen molar-refractivity contribution in [3.63, 3.8) is 0 Å². The van der Waals surface area contributed by atoms with Gasteiger partial charge in [-0.3, -0.25) is 14.4 Å². The lowest BCUT2D eigenvalue weighted by molar-refractivity contribution is -0.155. The number of aliphatic hydroxyl groups excluding tert-OH is 1. The highest BCUT2D eigenvalue weighted by Gasteiger charge is 2.77. The van der Waals surface area contributed by atoms with Crippen LogP contribution in [0.3, 0.4) is 0 Å². The van der Waals surface area contributed by atoms with E-state index >= 15 is 0 Å². The Morgan fingerprint density at radius 1 is 1.27 bits per heavy atom. The maximum absolute atomic E-state index is 14.9. The van der Waals surface area contributed by atoms with Gasteiger partial charge in [0.05, 0.1) is 37.2 Å². The molecule has 41 heavy (non-hydrogen) atoms. The van der Waals surface area contributed by atoms with Crippen molar-refractivity contribution >= 4 is 39.4 Å². The van der Waals surface area contributed by atoms with Crippen LogP contribution in [0.1, 0.15) is 30.0 Å². The Morgan fingerprint density at radius 2 is 2.00 bits per heavy atom. The SMILES string of the molecule is C=CCN(C(=O)C1N([C@@H](CO)Cc2ccccc2)C(=O)[C@@H]2[C@@H](C(=O)OCC)[C@@H]3OC12CC3Br)c1cc(C)ccc1C. The van der Waals surface area contributed by atoms with E-state index in [0.717, 1.165) is 22.4 Å². The van der Waals surface area contributed by atoms with E-state index in [2.05, 4.69) is 22.5 Å². The van der Waals surface area contributed by atoms with Crippen molar-refractivity contribution in [2.45, 2.75) is 62.2 Å². The molecule has 3 saturated heterocycles. The molecule has 2 aromatic carbocycles. The molecule has 0 aliphatic carbocycles. The molecular formula is C32H37BrN2O6. The number of hydrogen-bond acceptors (Lipinski definition) is 6. The number of hydrogen-bond donors (Lipinski definition) is 1. The van der Waals surface area contributed by atoms with E-state index in [1.165, 1.54) is 4.90 Å². The van der Waals surface area contributed by atoms with Gasteiger partial charge in [0.25, 0.3) is 5.91 Å². The molecular weight excluding hydrogens is 588 g/mol. The summed E-state index contributed by atoms with van der Waals surface area (Å²) >= 11 is 3.69. The topological polar surface area (TPSA) is 96.4 Å². The van der Waals surface area contributed by atoms with Gasteiger partial charge in [0, 0.05) is 17.1 Å². The Morgan fingerprint density at radius 3 is 2.66 bits per heavy atom. The Kier molecular flexibility index (Phi) is 8.41. The number of ether oxygens (including phenoxy) is 2. The van der Waals surface area contributed by atoms with Crippen LogP contribution in [0, 0.1) is 25.7 Å². The van der Waals surface area contributed by atoms with Crippen LogP contribution in [0.25, 0.3) is 0 Å². The van der Waals surface area contributed by atoms with E-state index in [4.69, 9.17) is 9.47 Å². The second kappa shape index (κ2) is 11.7. The van der Waals surface area contributed by atoms with Crippen LogP contribution < -0.4 is 4.90 Å². The number of carbonyl (C=O) groups excluding carboxylic acids is 3. The standard InChI is InChI=1S/C32H37BrN2O6/c1-5-14-34(24-15-19(3)12-13-20(24)4)30(38)28-32-17-23(33)27(41-32)25(31(39)40-6-2)26(32)29(37)35(28)22(18-36)16-21-10-8-7-9-11-21/h5,7-13,15,22-23,25-28,36H,1,6,14,16-18H2,2-4H3/t22-,23?,25-,26+,27-,28?,32?/m1/s1. The van der Waals surface area contributed by atoms with Crippen LogP contribution in [0.4, 0.5) is 5.69 Å². The fourth-order valence-corrected chi connectivity index (χ4v) is 7.92. The number of benzene rings is 2. The number of nitrogens with zero attached hydrogens (tertiary/aromatic N) is 2. The summed E-state index contributed by atoms with van der Waals surface area (Å²) in [6.07, 6.45) is 1.77. The number of aliphatic hydroxyl groups is 1. The number of aryl methyl sites for hydroxylation is 2. The fraction of sp³-hybridized carbons (Fsp3) is 0.469. The highest BCUT2D eigenvalue weighted by molar-refractivity contribution is 9.09. The molecule has 3 aliphatic rings. The highest BCUT2D eigenvalue weighted by Crippen LogP contribution is 2.61. The summed E-state index contributed by atoms with van der Waals surface area (Å²) in [7, 11) is 0. The molecule has 3 fully saturated rings. The molecule has 3 heterocycles. The van der Waals surface area contributed by atoms with Crippen molar-refractivity contribution in [1.82, 2.24) is 4.90 Å². The second-order valence-electron chi connectivity index (χ2n) is 11.2. The lowest BCUT2D eigenvalue weighted by atomic mass is 9.70. The van der Waals surface area contributed by atoms with Gasteiger partial charge in [-0.05, 0) is 56.4 Å². The molecule has 1 spiro atoms. The van der Waals surface area contributed by atoms with E-state index in [1.807, 2.05) is 62.4 Å². The number of rotatable bonds is 10. The lowest BCUT2D eigenvalue weighted by Gasteiger charge is -2.39. The molecule has 9 heteroatoms. The van der Waals surface area contributed by atoms with E-state index in [0.29, 0.717) is 12.8 Å². The maximum atomic E-state index is 14.9. The number of carbonyl (C=O) groups is 3. The van der Waals surface area contributed by atoms with E-state index < -0.39 is 41.6 Å². The predicted octanol–water partition coefficient (Wildman–Crippen LogP) is 3.74. The average molecular weight is 626 g/mol. The van der Waals surface area contributed by atoms with Crippen LogP contribution in [0.2, 0.25) is 0 Å². The van der Waals surface area contributed by atoms with Crippen molar-refractivity contribution in [3.05, 3.63) is 77.9 Å². The molecule has 8 nitrogen and oxygen atoms in total. The van der Waals surface area contributed by atoms with Crippen LogP contribution >= 0.6 is 15.9 Å². The van der Waals surface area contributed by atoms with Gasteiger partial charge in [-0.15, -0.1) is 6.58 Å². The lowest BCUT2D eigenvalue weighted by Crippen LogP contribution is -2.59. The van der Waals surface area contributed by atoms with Gasteiger partial charge in [0.2, 0.25) is 5.91 Å². The summed E-state index contributed by atoms with van der Waals surface area (Å²) in [6, 6.07) is 13.7. The summed E-state index contributed by atoms with van der Waals surface area (Å²) in [5, 5.41) is 10.7. The summed E-state index contributed by atoms with van der Waals surface area (Å²) in [5.41, 5.74) is 2.27. The van der Waals surface area contributed by atoms with Crippen molar-refractivity contribution in [3.8, 4) is 0 Å². The molecule has 2 amide bonds. The third-order valence-electron chi connectivity index (χ3n) is 8.67. The van der Waals surface area contributed by atoms with Crippen molar-refractivity contribution in [1.29, 1.82) is 0 Å². The average Bonchev–Trinajstić information content (AvgIpc) is 3.55. The monoisotopic (exact) mass is 624 g/mol. The van der Waals surface area contributed by atoms with Gasteiger partial charge in [0.1, 0.15) is 11.6 Å². The number of likely N-dealkylation sites (tertiary alicyclic amines) is 1. The minimum atomic E-state index is -1.26. The van der Waals surface area contributed by atoms with Gasteiger partial charge in [-0.1, -0.05) is 64.5 Å². The fourth-order valence-electron chi connectivity index (χ4n) is 6.98. The Bertz CT molecular complexity index is 1330. The van der Waals surface area contributed by atoms with Crippen LogP contribution in [-0.4, -0.2) is 76.2 Å². The number of esters is 1. The third kappa shape index (κ3) is 4.91. The van der Waals surface area contributed by atoms with Gasteiger partial charge >= 0.3 is 5.97 Å². The molecule has 0 saturated carbocycles. The van der Waals surface area contributed by atoms with E-state index in [1.54, 1.807) is 17.9 Å². The van der Waals surface area contributed by atoms with Crippen LogP contribution in [-0.2, 0) is 30.3 Å². The number of fused-ring (bicyclic) bond motifs is 1. The van der Waals surface area contributed by atoms with Gasteiger partial charge in [-0.2, -0.15) is 0 Å². The van der Waals surface area contributed by atoms with Gasteiger partial charge in [-0.25, -0.2) is 0 Å². The van der Waals surface area contributed by atoms with E-state index in [9.17, 15) is 19.5 Å². The maximum Gasteiger partial charge on any atom is 0.312 e. The third-order valence-corrected chi connectivity index (χ3v) is 9.52. The van der Waals surface area contributed by atoms with Crippen LogP contribution in [0.5, 0.6) is 0 Å². The molecule has 0 aromatic heterocycles. The summed E-state index contributed by atoms with van der Waals surface area (Å²) in [4.78, 5) is 45.5. The van der Waals surface area contributed by atoms with Crippen LogP contribution in [0.15, 0.2) is 61.2 Å². The molecule has 2 bridgehead atoms. The molecule has 0 radical (unpaired) electrons. The molecule has 2 aromatic rings. The first-order valence-electron chi connectivity index (χ1n) is 14.1. The number of alkyl halides is 1. The first kappa shape index (κ1) is 29.5. The number of halogens is 1. The minimum Gasteiger partial charge on any atom is -0.466 e. The molecule has 5 rings (SSSR count).